The van der Waals surface area contributed by atoms with E-state index in [0.717, 1.165) is 28.3 Å². The molecule has 0 radical (unpaired) electrons. The summed E-state index contributed by atoms with van der Waals surface area (Å²) in [5.41, 5.74) is 4.81. The van der Waals surface area contributed by atoms with Gasteiger partial charge >= 0.3 is 6.03 Å². The Kier molecular flexibility index (Phi) is 6.77. The molecule has 10 heteroatoms. The van der Waals surface area contributed by atoms with Gasteiger partial charge in [0.15, 0.2) is 34.5 Å². The molecule has 1 aliphatic rings. The number of hydrogen-bond acceptors (Lipinski definition) is 6. The molecule has 0 saturated heterocycles. The second kappa shape index (κ2) is 9.75. The zero-order chi connectivity index (χ0) is 24.4. The lowest BCUT2D eigenvalue weighted by atomic mass is 9.96. The van der Waals surface area contributed by atoms with Crippen LogP contribution in [0.5, 0.6) is 11.5 Å². The summed E-state index contributed by atoms with van der Waals surface area (Å²) in [6, 6.07) is 11.4. The summed E-state index contributed by atoms with van der Waals surface area (Å²) in [6.45, 7) is 1.84. The molecule has 1 aromatic heterocycles. The molecule has 0 spiro atoms. The minimum Gasteiger partial charge on any atom is -0.493 e. The number of imidazole rings is 1. The van der Waals surface area contributed by atoms with Crippen molar-refractivity contribution in [2.75, 3.05) is 26.1 Å². The van der Waals surface area contributed by atoms with Crippen LogP contribution in [0.1, 0.15) is 23.6 Å². The lowest BCUT2D eigenvalue weighted by Gasteiger charge is -2.20. The standard InChI is InChI=1S/C24H25IN6O3/c1-15-12-17-13-21(34-25)20(33-5)14-19(17)22(28-31(15)24(32)26-2)16-6-8-18(9-7-16)30(4)23-27-10-11-29(23)3/h6-14H,1-5H3,(H,26,32). The van der Waals surface area contributed by atoms with Crippen molar-refractivity contribution in [2.24, 2.45) is 12.1 Å². The van der Waals surface area contributed by atoms with Gasteiger partial charge in [-0.2, -0.15) is 10.1 Å². The third-order valence-corrected chi connectivity index (χ3v) is 6.08. The van der Waals surface area contributed by atoms with E-state index in [1.54, 1.807) is 20.4 Å². The van der Waals surface area contributed by atoms with E-state index >= 15 is 0 Å². The van der Waals surface area contributed by atoms with E-state index in [4.69, 9.17) is 12.9 Å². The van der Waals surface area contributed by atoms with Crippen molar-refractivity contribution in [2.45, 2.75) is 6.92 Å². The zero-order valence-corrected chi connectivity index (χ0v) is 21.7. The third-order valence-electron chi connectivity index (χ3n) is 5.60. The lowest BCUT2D eigenvalue weighted by molar-refractivity contribution is 0.215. The zero-order valence-electron chi connectivity index (χ0n) is 19.5. The van der Waals surface area contributed by atoms with Gasteiger partial charge in [0.25, 0.3) is 0 Å². The first-order valence-corrected chi connectivity index (χ1v) is 11.4. The maximum Gasteiger partial charge on any atom is 0.342 e. The maximum absolute atomic E-state index is 12.6. The molecule has 176 valence electrons. The number of ether oxygens (including phenoxy) is 1. The fraction of sp³-hybridized carbons (Fsp3) is 0.208. The van der Waals surface area contributed by atoms with E-state index in [0.29, 0.717) is 22.9 Å². The summed E-state index contributed by atoms with van der Waals surface area (Å²) >= 11 is 1.83. The number of halogens is 1. The lowest BCUT2D eigenvalue weighted by Crippen LogP contribution is -2.33. The van der Waals surface area contributed by atoms with Gasteiger partial charge < -0.3 is 22.6 Å². The van der Waals surface area contributed by atoms with E-state index in [1.807, 2.05) is 102 Å². The summed E-state index contributed by atoms with van der Waals surface area (Å²) in [5, 5.41) is 8.77. The molecule has 34 heavy (non-hydrogen) atoms. The average molecular weight is 572 g/mol. The fourth-order valence-electron chi connectivity index (χ4n) is 3.80. The number of amides is 2. The number of benzene rings is 2. The van der Waals surface area contributed by atoms with Gasteiger partial charge in [-0.15, -0.1) is 0 Å². The van der Waals surface area contributed by atoms with Gasteiger partial charge in [-0.3, -0.25) is 0 Å². The summed E-state index contributed by atoms with van der Waals surface area (Å²) in [6.07, 6.45) is 5.57. The normalized spacial score (nSPS) is 12.8. The molecule has 9 nitrogen and oxygen atoms in total. The molecule has 0 fully saturated rings. The van der Waals surface area contributed by atoms with Gasteiger partial charge in [0.2, 0.25) is 5.95 Å². The summed E-state index contributed by atoms with van der Waals surface area (Å²) < 4.78 is 13.0. The summed E-state index contributed by atoms with van der Waals surface area (Å²) in [7, 11) is 7.09. The van der Waals surface area contributed by atoms with Crippen LogP contribution in [0.25, 0.3) is 6.08 Å². The number of aryl methyl sites for hydroxylation is 1. The highest BCUT2D eigenvalue weighted by Gasteiger charge is 2.24. The average Bonchev–Trinajstić information content (AvgIpc) is 3.23. The van der Waals surface area contributed by atoms with Crippen LogP contribution in [-0.2, 0) is 7.05 Å². The van der Waals surface area contributed by atoms with Crippen LogP contribution in [0.15, 0.2) is 59.6 Å². The highest BCUT2D eigenvalue weighted by atomic mass is 127. The Hall–Kier alpha value is -3.54. The van der Waals surface area contributed by atoms with E-state index in [9.17, 15) is 4.79 Å². The third kappa shape index (κ3) is 4.32. The number of hydrogen-bond donors (Lipinski definition) is 1. The monoisotopic (exact) mass is 572 g/mol. The van der Waals surface area contributed by atoms with Crippen molar-refractivity contribution in [1.82, 2.24) is 19.9 Å². The Morgan fingerprint density at radius 2 is 1.91 bits per heavy atom. The maximum atomic E-state index is 12.6. The number of fused-ring (bicyclic) bond motifs is 1. The van der Waals surface area contributed by atoms with Crippen molar-refractivity contribution in [1.29, 1.82) is 0 Å². The van der Waals surface area contributed by atoms with Crippen LogP contribution < -0.4 is 18.0 Å². The number of methoxy groups -OCH3 is 1. The van der Waals surface area contributed by atoms with Crippen molar-refractivity contribution in [3.63, 3.8) is 0 Å². The number of carbonyl (C=O) groups excluding carboxylic acids is 1. The Balaban J connectivity index is 1.83. The Labute approximate surface area is 212 Å². The van der Waals surface area contributed by atoms with Crippen molar-refractivity contribution < 1.29 is 12.6 Å². The smallest absolute Gasteiger partial charge is 0.342 e. The number of nitrogens with zero attached hydrogens (tertiary/aromatic N) is 5. The molecular formula is C24H25IN6O3. The topological polar surface area (TPSA) is 84.2 Å². The summed E-state index contributed by atoms with van der Waals surface area (Å²) in [5.74, 6) is 1.99. The predicted octanol–water partition coefficient (Wildman–Crippen LogP) is 4.69. The molecule has 0 atom stereocenters. The molecule has 0 bridgehead atoms. The minimum atomic E-state index is -0.331. The molecule has 0 saturated carbocycles. The molecule has 4 rings (SSSR count). The number of allylic oxidation sites excluding steroid dienone is 1. The van der Waals surface area contributed by atoms with Gasteiger partial charge in [-0.25, -0.2) is 9.78 Å². The second-order valence-corrected chi connectivity index (χ2v) is 8.15. The number of urea groups is 1. The highest BCUT2D eigenvalue weighted by molar-refractivity contribution is 14.1. The number of rotatable bonds is 5. The molecule has 2 aromatic carbocycles. The number of aromatic nitrogens is 2. The van der Waals surface area contributed by atoms with Crippen molar-refractivity contribution >= 4 is 52.5 Å². The van der Waals surface area contributed by atoms with E-state index in [2.05, 4.69) is 10.3 Å². The van der Waals surface area contributed by atoms with Crippen LogP contribution in [0.3, 0.4) is 0 Å². The first kappa shape index (κ1) is 23.6. The summed E-state index contributed by atoms with van der Waals surface area (Å²) in [4.78, 5) is 19.0. The van der Waals surface area contributed by atoms with E-state index in [-0.39, 0.29) is 6.03 Å². The molecule has 1 N–H and O–H groups in total. The fourth-order valence-corrected chi connectivity index (χ4v) is 4.15. The number of nitrogens with one attached hydrogen (secondary N) is 1. The Morgan fingerprint density at radius 1 is 1.18 bits per heavy atom. The van der Waals surface area contributed by atoms with Crippen molar-refractivity contribution in [3.8, 4) is 11.5 Å². The number of anilines is 2. The second-order valence-electron chi connectivity index (χ2n) is 7.71. The molecule has 2 heterocycles. The number of hydrazone groups is 1. The predicted molar refractivity (Wildman–Crippen MR) is 141 cm³/mol. The van der Waals surface area contributed by atoms with Crippen LogP contribution in [0.4, 0.5) is 16.4 Å². The highest BCUT2D eigenvalue weighted by Crippen LogP contribution is 2.36. The molecule has 0 unspecified atom stereocenters. The van der Waals surface area contributed by atoms with Gasteiger partial charge in [0.05, 0.1) is 12.8 Å². The van der Waals surface area contributed by atoms with Crippen LogP contribution in [0, 0.1) is 0 Å². The SMILES string of the molecule is CNC(=O)N1N=C(c2ccc(N(C)c3nccn3C)cc2)c2cc(OC)c(OI)cc2C=C1C. The molecule has 1 aliphatic heterocycles. The van der Waals surface area contributed by atoms with Crippen LogP contribution in [-0.4, -0.2) is 47.5 Å². The quantitative estimate of drug-likeness (QED) is 0.449. The molecule has 0 aliphatic carbocycles. The Morgan fingerprint density at radius 3 is 2.50 bits per heavy atom. The minimum absolute atomic E-state index is 0.331. The first-order chi connectivity index (χ1) is 16.4. The van der Waals surface area contributed by atoms with E-state index < -0.39 is 0 Å². The molecule has 3 aromatic rings. The number of carbonyl (C=O) groups is 1. The molecule has 2 amide bonds. The molecular weight excluding hydrogens is 547 g/mol. The first-order valence-electron chi connectivity index (χ1n) is 10.5. The Bertz CT molecular complexity index is 1280. The van der Waals surface area contributed by atoms with Crippen LogP contribution >= 0.6 is 23.0 Å². The largest absolute Gasteiger partial charge is 0.493 e. The van der Waals surface area contributed by atoms with Gasteiger partial charge in [-0.1, -0.05) is 12.1 Å². The van der Waals surface area contributed by atoms with Crippen LogP contribution in [0.2, 0.25) is 0 Å². The van der Waals surface area contributed by atoms with Gasteiger partial charge in [0, 0.05) is 56.0 Å². The van der Waals surface area contributed by atoms with Gasteiger partial charge in [0.1, 0.15) is 0 Å². The van der Waals surface area contributed by atoms with E-state index in [1.165, 1.54) is 5.01 Å². The van der Waals surface area contributed by atoms with Crippen molar-refractivity contribution in [3.05, 3.63) is 71.2 Å². The van der Waals surface area contributed by atoms with Gasteiger partial charge in [-0.05, 0) is 42.8 Å².